The second-order valence-corrected chi connectivity index (χ2v) is 3.62. The molecule has 0 saturated heterocycles. The molecule has 0 amide bonds. The Hall–Kier alpha value is -1.51. The SMILES string of the molecule is CCC[C@@H](CC=O)Nc1ccccc1N. The molecular weight excluding hydrogens is 188 g/mol. The third-order valence-electron chi connectivity index (χ3n) is 2.34. The molecule has 0 radical (unpaired) electrons. The first-order valence-corrected chi connectivity index (χ1v) is 5.32. The maximum absolute atomic E-state index is 10.5. The van der Waals surface area contributed by atoms with Gasteiger partial charge in [0.1, 0.15) is 6.29 Å². The van der Waals surface area contributed by atoms with Gasteiger partial charge in [0.25, 0.3) is 0 Å². The average Bonchev–Trinajstić information content (AvgIpc) is 2.22. The molecule has 0 spiro atoms. The number of rotatable bonds is 6. The summed E-state index contributed by atoms with van der Waals surface area (Å²) in [6.45, 7) is 2.10. The highest BCUT2D eigenvalue weighted by molar-refractivity contribution is 5.66. The summed E-state index contributed by atoms with van der Waals surface area (Å²) in [7, 11) is 0. The van der Waals surface area contributed by atoms with Gasteiger partial charge in [0.2, 0.25) is 0 Å². The van der Waals surface area contributed by atoms with Gasteiger partial charge < -0.3 is 15.8 Å². The van der Waals surface area contributed by atoms with Crippen LogP contribution in [0.2, 0.25) is 0 Å². The van der Waals surface area contributed by atoms with Gasteiger partial charge in [-0.05, 0) is 18.6 Å². The molecule has 0 heterocycles. The first kappa shape index (κ1) is 11.6. The molecule has 1 atom stereocenters. The van der Waals surface area contributed by atoms with Crippen LogP contribution >= 0.6 is 0 Å². The third-order valence-corrected chi connectivity index (χ3v) is 2.34. The van der Waals surface area contributed by atoms with E-state index in [2.05, 4.69) is 12.2 Å². The highest BCUT2D eigenvalue weighted by Gasteiger charge is 2.07. The number of anilines is 2. The molecule has 15 heavy (non-hydrogen) atoms. The second-order valence-electron chi connectivity index (χ2n) is 3.62. The largest absolute Gasteiger partial charge is 0.397 e. The van der Waals surface area contributed by atoms with Gasteiger partial charge in [-0.25, -0.2) is 0 Å². The first-order chi connectivity index (χ1) is 7.27. The molecule has 1 aromatic rings. The molecule has 3 N–H and O–H groups in total. The number of hydrogen-bond acceptors (Lipinski definition) is 3. The molecule has 0 unspecified atom stereocenters. The molecular formula is C12H18N2O. The fourth-order valence-corrected chi connectivity index (χ4v) is 1.56. The van der Waals surface area contributed by atoms with Gasteiger partial charge in [-0.1, -0.05) is 25.5 Å². The number of para-hydroxylation sites is 2. The van der Waals surface area contributed by atoms with Crippen molar-refractivity contribution in [3.63, 3.8) is 0 Å². The lowest BCUT2D eigenvalue weighted by molar-refractivity contribution is -0.108. The van der Waals surface area contributed by atoms with Gasteiger partial charge in [-0.3, -0.25) is 0 Å². The van der Waals surface area contributed by atoms with Crippen molar-refractivity contribution in [1.29, 1.82) is 0 Å². The highest BCUT2D eigenvalue weighted by atomic mass is 16.1. The molecule has 82 valence electrons. The van der Waals surface area contributed by atoms with E-state index in [1.807, 2.05) is 24.3 Å². The Morgan fingerprint density at radius 3 is 2.80 bits per heavy atom. The van der Waals surface area contributed by atoms with Gasteiger partial charge in [-0.15, -0.1) is 0 Å². The van der Waals surface area contributed by atoms with Crippen LogP contribution in [-0.2, 0) is 4.79 Å². The molecule has 3 heteroatoms. The summed E-state index contributed by atoms with van der Waals surface area (Å²) in [6, 6.07) is 7.81. The van der Waals surface area contributed by atoms with Gasteiger partial charge >= 0.3 is 0 Å². The Labute approximate surface area is 90.7 Å². The fraction of sp³-hybridized carbons (Fsp3) is 0.417. The number of carbonyl (C=O) groups is 1. The number of carbonyl (C=O) groups excluding carboxylic acids is 1. The Balaban J connectivity index is 2.64. The van der Waals surface area contributed by atoms with Gasteiger partial charge in [0.05, 0.1) is 11.4 Å². The predicted octanol–water partition coefficient (Wildman–Crippen LogP) is 2.44. The minimum atomic E-state index is 0.192. The van der Waals surface area contributed by atoms with Crippen LogP contribution in [0, 0.1) is 0 Å². The number of benzene rings is 1. The Kier molecular flexibility index (Phi) is 4.68. The zero-order valence-corrected chi connectivity index (χ0v) is 9.07. The number of nitrogens with one attached hydrogen (secondary N) is 1. The van der Waals surface area contributed by atoms with Crippen LogP contribution in [0.15, 0.2) is 24.3 Å². The molecule has 0 saturated carbocycles. The number of nitrogen functional groups attached to an aromatic ring is 1. The molecule has 0 aliphatic carbocycles. The zero-order valence-electron chi connectivity index (χ0n) is 9.07. The highest BCUT2D eigenvalue weighted by Crippen LogP contribution is 2.19. The molecule has 1 rings (SSSR count). The van der Waals surface area contributed by atoms with Crippen LogP contribution in [0.5, 0.6) is 0 Å². The van der Waals surface area contributed by atoms with E-state index in [1.54, 1.807) is 0 Å². The van der Waals surface area contributed by atoms with E-state index in [0.717, 1.165) is 30.5 Å². The van der Waals surface area contributed by atoms with Crippen LogP contribution in [-0.4, -0.2) is 12.3 Å². The normalized spacial score (nSPS) is 12.1. The maximum Gasteiger partial charge on any atom is 0.122 e. The van der Waals surface area contributed by atoms with Crippen LogP contribution in [0.4, 0.5) is 11.4 Å². The van der Waals surface area contributed by atoms with E-state index >= 15 is 0 Å². The lowest BCUT2D eigenvalue weighted by Gasteiger charge is -2.18. The number of nitrogens with two attached hydrogens (primary N) is 1. The zero-order chi connectivity index (χ0) is 11.1. The van der Waals surface area contributed by atoms with E-state index in [-0.39, 0.29) is 6.04 Å². The Morgan fingerprint density at radius 2 is 2.20 bits per heavy atom. The lowest BCUT2D eigenvalue weighted by Crippen LogP contribution is -2.20. The number of aldehydes is 1. The average molecular weight is 206 g/mol. The summed E-state index contributed by atoms with van der Waals surface area (Å²) < 4.78 is 0. The molecule has 0 fully saturated rings. The van der Waals surface area contributed by atoms with Crippen molar-refractivity contribution in [3.8, 4) is 0 Å². The topological polar surface area (TPSA) is 55.1 Å². The summed E-state index contributed by atoms with van der Waals surface area (Å²) in [5.41, 5.74) is 7.45. The Morgan fingerprint density at radius 1 is 1.47 bits per heavy atom. The third kappa shape index (κ3) is 3.62. The summed E-state index contributed by atoms with van der Waals surface area (Å²) in [6.07, 6.45) is 3.51. The van der Waals surface area contributed by atoms with Crippen LogP contribution in [0.3, 0.4) is 0 Å². The van der Waals surface area contributed by atoms with E-state index in [4.69, 9.17) is 5.73 Å². The van der Waals surface area contributed by atoms with Gasteiger partial charge in [0, 0.05) is 12.5 Å². The minimum Gasteiger partial charge on any atom is -0.397 e. The van der Waals surface area contributed by atoms with Crippen molar-refractivity contribution in [2.24, 2.45) is 0 Å². The van der Waals surface area contributed by atoms with E-state index in [9.17, 15) is 4.79 Å². The van der Waals surface area contributed by atoms with E-state index < -0.39 is 0 Å². The maximum atomic E-state index is 10.5. The summed E-state index contributed by atoms with van der Waals surface area (Å²) in [5, 5.41) is 3.29. The molecule has 0 aromatic heterocycles. The van der Waals surface area contributed by atoms with E-state index in [0.29, 0.717) is 6.42 Å². The van der Waals surface area contributed by atoms with Gasteiger partial charge in [0.15, 0.2) is 0 Å². The van der Waals surface area contributed by atoms with Crippen molar-refractivity contribution in [1.82, 2.24) is 0 Å². The summed E-state index contributed by atoms with van der Waals surface area (Å²) >= 11 is 0. The van der Waals surface area contributed by atoms with Crippen LogP contribution in [0.1, 0.15) is 26.2 Å². The van der Waals surface area contributed by atoms with Gasteiger partial charge in [-0.2, -0.15) is 0 Å². The first-order valence-electron chi connectivity index (χ1n) is 5.32. The second kappa shape index (κ2) is 6.06. The Bertz CT molecular complexity index is 312. The standard InChI is InChI=1S/C12H18N2O/c1-2-5-10(8-9-15)14-12-7-4-3-6-11(12)13/h3-4,6-7,9-10,14H,2,5,8,13H2,1H3/t10-/m0/s1. The van der Waals surface area contributed by atoms with Crippen LogP contribution in [0.25, 0.3) is 0 Å². The fourth-order valence-electron chi connectivity index (χ4n) is 1.56. The summed E-state index contributed by atoms with van der Waals surface area (Å²) in [4.78, 5) is 10.5. The van der Waals surface area contributed by atoms with E-state index in [1.165, 1.54) is 0 Å². The van der Waals surface area contributed by atoms with Crippen molar-refractivity contribution in [2.75, 3.05) is 11.1 Å². The minimum absolute atomic E-state index is 0.192. The molecule has 3 nitrogen and oxygen atoms in total. The molecule has 0 aliphatic heterocycles. The quantitative estimate of drug-likeness (QED) is 0.555. The lowest BCUT2D eigenvalue weighted by atomic mass is 10.1. The predicted molar refractivity (Wildman–Crippen MR) is 63.9 cm³/mol. The van der Waals surface area contributed by atoms with Crippen molar-refractivity contribution >= 4 is 17.7 Å². The van der Waals surface area contributed by atoms with Crippen molar-refractivity contribution in [3.05, 3.63) is 24.3 Å². The van der Waals surface area contributed by atoms with Crippen molar-refractivity contribution in [2.45, 2.75) is 32.2 Å². The number of hydrogen-bond donors (Lipinski definition) is 2. The monoisotopic (exact) mass is 206 g/mol. The van der Waals surface area contributed by atoms with Crippen molar-refractivity contribution < 1.29 is 4.79 Å². The van der Waals surface area contributed by atoms with Crippen LogP contribution < -0.4 is 11.1 Å². The molecule has 1 aromatic carbocycles. The smallest absolute Gasteiger partial charge is 0.122 e. The molecule has 0 aliphatic rings. The molecule has 0 bridgehead atoms. The summed E-state index contributed by atoms with van der Waals surface area (Å²) in [5.74, 6) is 0.